The molecule has 4 aromatic heterocycles. The van der Waals surface area contributed by atoms with Gasteiger partial charge < -0.3 is 4.57 Å². The molecule has 5 aromatic rings. The first-order valence-corrected chi connectivity index (χ1v) is 10.5. The second-order valence-electron chi connectivity index (χ2n) is 6.92. The van der Waals surface area contributed by atoms with Crippen molar-refractivity contribution < 1.29 is 18.0 Å². The Morgan fingerprint density at radius 2 is 1.94 bits per heavy atom. The molecule has 0 radical (unpaired) electrons. The number of halogens is 3. The number of nitrogens with zero attached hydrogens (tertiary/aromatic N) is 5. The number of fused-ring (bicyclic) bond motifs is 2. The highest BCUT2D eigenvalue weighted by molar-refractivity contribution is 7.13. The zero-order valence-electron chi connectivity index (χ0n) is 16.6. The molecule has 0 fully saturated rings. The lowest BCUT2D eigenvalue weighted by Crippen LogP contribution is -2.17. The number of amides is 1. The van der Waals surface area contributed by atoms with Crippen LogP contribution in [0.2, 0.25) is 0 Å². The maximum Gasteiger partial charge on any atom is 0.433 e. The first-order valence-electron chi connectivity index (χ1n) is 9.63. The number of imidazole rings is 1. The van der Waals surface area contributed by atoms with Crippen molar-refractivity contribution in [1.29, 1.82) is 0 Å². The largest absolute Gasteiger partial charge is 0.433 e. The molecule has 0 aliphatic carbocycles. The lowest BCUT2D eigenvalue weighted by Gasteiger charge is -2.10. The summed E-state index contributed by atoms with van der Waals surface area (Å²) < 4.78 is 43.6. The predicted octanol–water partition coefficient (Wildman–Crippen LogP) is 5.10. The summed E-state index contributed by atoms with van der Waals surface area (Å²) >= 11 is 1.28. The fourth-order valence-corrected chi connectivity index (χ4v) is 4.18. The Bertz CT molecular complexity index is 1450. The maximum absolute atomic E-state index is 13.7. The Hall–Kier alpha value is -3.73. The minimum Gasteiger partial charge on any atom is -0.310 e. The SMILES string of the molecule is CCn1c(NC(=O)c2cc3nc(-c4cccs4)cc(C(F)(F)F)n3n2)nc2ccccc21. The third-order valence-electron chi connectivity index (χ3n) is 4.92. The van der Waals surface area contributed by atoms with Gasteiger partial charge >= 0.3 is 6.18 Å². The number of aromatic nitrogens is 5. The molecule has 1 N–H and O–H groups in total. The standard InChI is InChI=1S/C21H15F3N6OS/c1-2-29-15-7-4-3-6-12(15)26-20(29)27-19(31)14-11-18-25-13(16-8-5-9-32-16)10-17(21(22,23)24)30(18)28-14/h3-11H,2H2,1H3,(H,26,27,31). The van der Waals surface area contributed by atoms with Gasteiger partial charge in [-0.05, 0) is 36.6 Å². The van der Waals surface area contributed by atoms with Crippen LogP contribution in [0.4, 0.5) is 19.1 Å². The molecule has 32 heavy (non-hydrogen) atoms. The number of carbonyl (C=O) groups is 1. The van der Waals surface area contributed by atoms with Crippen LogP contribution < -0.4 is 5.32 Å². The number of thiophene rings is 1. The molecule has 0 bridgehead atoms. The Kier molecular flexibility index (Phi) is 4.70. The molecule has 0 aliphatic heterocycles. The quantitative estimate of drug-likeness (QED) is 0.408. The summed E-state index contributed by atoms with van der Waals surface area (Å²) in [5.41, 5.74) is 0.423. The molecule has 162 valence electrons. The van der Waals surface area contributed by atoms with E-state index in [1.54, 1.807) is 22.1 Å². The molecule has 1 aromatic carbocycles. The molecule has 1 amide bonds. The summed E-state index contributed by atoms with van der Waals surface area (Å²) in [7, 11) is 0. The summed E-state index contributed by atoms with van der Waals surface area (Å²) in [6.07, 6.45) is -4.68. The number of carbonyl (C=O) groups excluding carboxylic acids is 1. The van der Waals surface area contributed by atoms with Crippen LogP contribution in [0.1, 0.15) is 23.1 Å². The van der Waals surface area contributed by atoms with E-state index in [2.05, 4.69) is 20.4 Å². The molecular formula is C21H15F3N6OS. The maximum atomic E-state index is 13.7. The molecule has 11 heteroatoms. The van der Waals surface area contributed by atoms with Crippen LogP contribution in [0.25, 0.3) is 27.3 Å². The van der Waals surface area contributed by atoms with Crippen molar-refractivity contribution >= 4 is 39.9 Å². The Morgan fingerprint density at radius 1 is 1.12 bits per heavy atom. The third kappa shape index (κ3) is 3.40. The van der Waals surface area contributed by atoms with E-state index in [1.807, 2.05) is 31.2 Å². The van der Waals surface area contributed by atoms with Crippen molar-refractivity contribution in [3.05, 3.63) is 65.3 Å². The summed E-state index contributed by atoms with van der Waals surface area (Å²) in [4.78, 5) is 22.1. The van der Waals surface area contributed by atoms with Gasteiger partial charge in [0.1, 0.15) is 0 Å². The highest BCUT2D eigenvalue weighted by Crippen LogP contribution is 2.33. The lowest BCUT2D eigenvalue weighted by atomic mass is 10.2. The van der Waals surface area contributed by atoms with E-state index in [0.29, 0.717) is 27.4 Å². The van der Waals surface area contributed by atoms with Crippen LogP contribution in [0.5, 0.6) is 0 Å². The van der Waals surface area contributed by atoms with E-state index in [-0.39, 0.29) is 17.0 Å². The second-order valence-corrected chi connectivity index (χ2v) is 7.87. The minimum absolute atomic E-state index is 0.0719. The normalized spacial score (nSPS) is 12.0. The fraction of sp³-hybridized carbons (Fsp3) is 0.143. The van der Waals surface area contributed by atoms with E-state index in [1.165, 1.54) is 17.4 Å². The monoisotopic (exact) mass is 456 g/mol. The summed E-state index contributed by atoms with van der Waals surface area (Å²) in [5.74, 6) is -0.384. The first-order chi connectivity index (χ1) is 15.3. The molecule has 0 saturated carbocycles. The van der Waals surface area contributed by atoms with Gasteiger partial charge in [-0.1, -0.05) is 18.2 Å². The van der Waals surface area contributed by atoms with Crippen molar-refractivity contribution in [2.45, 2.75) is 19.6 Å². The number of alkyl halides is 3. The van der Waals surface area contributed by atoms with Crippen LogP contribution in [-0.4, -0.2) is 30.1 Å². The molecule has 7 nitrogen and oxygen atoms in total. The first kappa shape index (κ1) is 20.2. The molecule has 0 spiro atoms. The minimum atomic E-state index is -4.68. The molecule has 0 saturated heterocycles. The van der Waals surface area contributed by atoms with E-state index < -0.39 is 17.8 Å². The van der Waals surface area contributed by atoms with Crippen molar-refractivity contribution in [1.82, 2.24) is 24.1 Å². The van der Waals surface area contributed by atoms with Gasteiger partial charge in [0, 0.05) is 12.6 Å². The van der Waals surface area contributed by atoms with Crippen LogP contribution >= 0.6 is 11.3 Å². The molecule has 5 rings (SSSR count). The van der Waals surface area contributed by atoms with Gasteiger partial charge in [-0.3, -0.25) is 10.1 Å². The zero-order valence-corrected chi connectivity index (χ0v) is 17.4. The Balaban J connectivity index is 1.57. The molecule has 4 heterocycles. The van der Waals surface area contributed by atoms with Gasteiger partial charge in [-0.2, -0.15) is 18.3 Å². The molecule has 0 aliphatic rings. The highest BCUT2D eigenvalue weighted by atomic mass is 32.1. The van der Waals surface area contributed by atoms with Crippen molar-refractivity contribution in [2.24, 2.45) is 0 Å². The van der Waals surface area contributed by atoms with Crippen molar-refractivity contribution in [2.75, 3.05) is 5.32 Å². The summed E-state index contributed by atoms with van der Waals surface area (Å²) in [5, 5.41) is 8.31. The highest BCUT2D eigenvalue weighted by Gasteiger charge is 2.36. The Morgan fingerprint density at radius 3 is 2.66 bits per heavy atom. The molecule has 0 atom stereocenters. The summed E-state index contributed by atoms with van der Waals surface area (Å²) in [6.45, 7) is 2.45. The average molecular weight is 456 g/mol. The van der Waals surface area contributed by atoms with Crippen LogP contribution in [0, 0.1) is 0 Å². The number of hydrogen-bond acceptors (Lipinski definition) is 5. The zero-order chi connectivity index (χ0) is 22.5. The topological polar surface area (TPSA) is 77.1 Å². The third-order valence-corrected chi connectivity index (χ3v) is 5.81. The predicted molar refractivity (Wildman–Crippen MR) is 115 cm³/mol. The second kappa shape index (κ2) is 7.45. The average Bonchev–Trinajstić information content (AvgIpc) is 3.49. The number of nitrogens with one attached hydrogen (secondary N) is 1. The van der Waals surface area contributed by atoms with Crippen LogP contribution in [0.3, 0.4) is 0 Å². The van der Waals surface area contributed by atoms with Crippen LogP contribution in [-0.2, 0) is 12.7 Å². The number of para-hydroxylation sites is 2. The van der Waals surface area contributed by atoms with Gasteiger partial charge in [-0.15, -0.1) is 11.3 Å². The van der Waals surface area contributed by atoms with Crippen LogP contribution in [0.15, 0.2) is 53.9 Å². The number of rotatable bonds is 4. The number of hydrogen-bond donors (Lipinski definition) is 1. The Labute approximate surface area is 183 Å². The van der Waals surface area contributed by atoms with Gasteiger partial charge in [0.25, 0.3) is 5.91 Å². The van der Waals surface area contributed by atoms with Crippen molar-refractivity contribution in [3.8, 4) is 10.6 Å². The van der Waals surface area contributed by atoms with Gasteiger partial charge in [0.2, 0.25) is 5.95 Å². The molecule has 0 unspecified atom stereocenters. The summed E-state index contributed by atoms with van der Waals surface area (Å²) in [6, 6.07) is 13.0. The van der Waals surface area contributed by atoms with E-state index >= 15 is 0 Å². The van der Waals surface area contributed by atoms with E-state index in [9.17, 15) is 18.0 Å². The molecular weight excluding hydrogens is 441 g/mol. The van der Waals surface area contributed by atoms with E-state index in [4.69, 9.17) is 0 Å². The van der Waals surface area contributed by atoms with Gasteiger partial charge in [-0.25, -0.2) is 14.5 Å². The fourth-order valence-electron chi connectivity index (χ4n) is 3.49. The van der Waals surface area contributed by atoms with Crippen molar-refractivity contribution in [3.63, 3.8) is 0 Å². The number of benzene rings is 1. The van der Waals surface area contributed by atoms with E-state index in [0.717, 1.165) is 11.6 Å². The van der Waals surface area contributed by atoms with Gasteiger partial charge in [0.15, 0.2) is 17.0 Å². The number of aryl methyl sites for hydroxylation is 1. The smallest absolute Gasteiger partial charge is 0.310 e. The lowest BCUT2D eigenvalue weighted by molar-refractivity contribution is -0.142. The van der Waals surface area contributed by atoms with Gasteiger partial charge in [0.05, 0.1) is 21.6 Å². The number of anilines is 1.